The van der Waals surface area contributed by atoms with Gasteiger partial charge in [-0.05, 0) is 67.9 Å². The fourth-order valence-electron chi connectivity index (χ4n) is 5.44. The van der Waals surface area contributed by atoms with Gasteiger partial charge in [-0.25, -0.2) is 14.7 Å². The highest BCUT2D eigenvalue weighted by Crippen LogP contribution is 2.48. The number of anilines is 2. The molecule has 7 rings (SSSR count). The van der Waals surface area contributed by atoms with Crippen molar-refractivity contribution in [2.45, 2.75) is 19.9 Å². The zero-order chi connectivity index (χ0) is 27.1. The number of hydrogen-bond acceptors (Lipinski definition) is 6. The lowest BCUT2D eigenvalue weighted by molar-refractivity contribution is 0.340. The number of amidine groups is 2. The van der Waals surface area contributed by atoms with Gasteiger partial charge < -0.3 is 15.0 Å². The molecule has 0 saturated heterocycles. The van der Waals surface area contributed by atoms with Gasteiger partial charge in [0.15, 0.2) is 17.5 Å². The Hall–Kier alpha value is -5.17. The largest absolute Gasteiger partial charge is 0.494 e. The molecule has 1 aromatic heterocycles. The fraction of sp³-hybridized carbons (Fsp3) is 0.121. The van der Waals surface area contributed by atoms with Gasteiger partial charge in [0.2, 0.25) is 0 Å². The normalized spacial score (nSPS) is 15.3. The molecule has 0 saturated carbocycles. The first-order valence-electron chi connectivity index (χ1n) is 13.5. The fourth-order valence-corrected chi connectivity index (χ4v) is 5.44. The van der Waals surface area contributed by atoms with Crippen LogP contribution in [0.25, 0.3) is 5.69 Å². The van der Waals surface area contributed by atoms with Crippen LogP contribution in [0.1, 0.15) is 29.8 Å². The van der Waals surface area contributed by atoms with Gasteiger partial charge >= 0.3 is 0 Å². The number of ether oxygens (including phenoxy) is 1. The van der Waals surface area contributed by atoms with E-state index in [-0.39, 0.29) is 6.04 Å². The molecule has 0 unspecified atom stereocenters. The highest BCUT2D eigenvalue weighted by molar-refractivity contribution is 6.51. The molecule has 0 amide bonds. The summed E-state index contributed by atoms with van der Waals surface area (Å²) in [6.07, 6.45) is 0. The lowest BCUT2D eigenvalue weighted by Crippen LogP contribution is -2.46. The number of nitrogens with zero attached hydrogens (tertiary/aromatic N) is 5. The van der Waals surface area contributed by atoms with Crippen LogP contribution in [0.5, 0.6) is 5.75 Å². The average molecular weight is 525 g/mol. The first kappa shape index (κ1) is 23.9. The standard InChI is InChI=1S/C33H28N6O/c1-3-40-26-20-18-24(19-21-26)34-31-33-36-32-29(22(2)37-39(32)25-14-8-5-9-15-25)30(23-12-6-4-7-13-23)38(33)28-17-11-10-16-27(28)35-31/h4-21,30H,3H2,1-2H3,(H,34,35)/t30-/m1/s1. The summed E-state index contributed by atoms with van der Waals surface area (Å²) in [7, 11) is 0. The van der Waals surface area contributed by atoms with E-state index in [1.54, 1.807) is 0 Å². The third kappa shape index (κ3) is 4.03. The molecule has 4 aromatic carbocycles. The highest BCUT2D eigenvalue weighted by Gasteiger charge is 2.41. The molecule has 1 atom stereocenters. The van der Waals surface area contributed by atoms with Crippen molar-refractivity contribution in [2.24, 2.45) is 9.98 Å². The number of aryl methyl sites for hydroxylation is 1. The number of benzene rings is 4. The van der Waals surface area contributed by atoms with Crippen molar-refractivity contribution >= 4 is 34.6 Å². The van der Waals surface area contributed by atoms with Crippen LogP contribution in [0.15, 0.2) is 119 Å². The van der Waals surface area contributed by atoms with Crippen LogP contribution < -0.4 is 15.0 Å². The lowest BCUT2D eigenvalue weighted by atomic mass is 9.93. The van der Waals surface area contributed by atoms with Crippen molar-refractivity contribution in [3.63, 3.8) is 0 Å². The van der Waals surface area contributed by atoms with Gasteiger partial charge in [-0.3, -0.25) is 0 Å². The van der Waals surface area contributed by atoms with Gasteiger partial charge in [0.1, 0.15) is 5.75 Å². The number of rotatable bonds is 5. The molecule has 196 valence electrons. The number of para-hydroxylation sites is 3. The molecule has 7 nitrogen and oxygen atoms in total. The van der Waals surface area contributed by atoms with E-state index in [0.29, 0.717) is 12.4 Å². The predicted molar refractivity (Wildman–Crippen MR) is 161 cm³/mol. The van der Waals surface area contributed by atoms with Crippen molar-refractivity contribution in [3.8, 4) is 11.4 Å². The van der Waals surface area contributed by atoms with Crippen LogP contribution in [0.4, 0.5) is 22.9 Å². The molecule has 40 heavy (non-hydrogen) atoms. The Morgan fingerprint density at radius 1 is 0.800 bits per heavy atom. The summed E-state index contributed by atoms with van der Waals surface area (Å²) in [6, 6.07) is 36.7. The van der Waals surface area contributed by atoms with Crippen molar-refractivity contribution < 1.29 is 4.74 Å². The maximum absolute atomic E-state index is 5.64. The second-order valence-electron chi connectivity index (χ2n) is 9.72. The number of aliphatic imine (C=N–C) groups is 2. The minimum Gasteiger partial charge on any atom is -0.494 e. The Morgan fingerprint density at radius 2 is 1.50 bits per heavy atom. The maximum atomic E-state index is 5.64. The predicted octanol–water partition coefficient (Wildman–Crippen LogP) is 7.37. The Kier molecular flexibility index (Phi) is 5.89. The number of aromatic nitrogens is 2. The summed E-state index contributed by atoms with van der Waals surface area (Å²) < 4.78 is 7.59. The molecule has 0 spiro atoms. The van der Waals surface area contributed by atoms with Crippen molar-refractivity contribution in [3.05, 3.63) is 126 Å². The molecular formula is C33H28N6O. The van der Waals surface area contributed by atoms with Crippen molar-refractivity contribution in [2.75, 3.05) is 16.8 Å². The Bertz CT molecular complexity index is 1740. The van der Waals surface area contributed by atoms with Gasteiger partial charge in [-0.1, -0.05) is 60.7 Å². The minimum atomic E-state index is -0.144. The molecule has 0 fully saturated rings. The smallest absolute Gasteiger partial charge is 0.179 e. The van der Waals surface area contributed by atoms with E-state index in [2.05, 4.69) is 65.7 Å². The number of fused-ring (bicyclic) bond motifs is 4. The van der Waals surface area contributed by atoms with E-state index in [4.69, 9.17) is 19.8 Å². The summed E-state index contributed by atoms with van der Waals surface area (Å²) in [5.74, 6) is 3.06. The Labute approximate surface area is 233 Å². The molecule has 0 bridgehead atoms. The van der Waals surface area contributed by atoms with Crippen LogP contribution in [-0.2, 0) is 0 Å². The van der Waals surface area contributed by atoms with E-state index in [0.717, 1.165) is 57.0 Å². The van der Waals surface area contributed by atoms with Crippen LogP contribution >= 0.6 is 0 Å². The zero-order valence-electron chi connectivity index (χ0n) is 22.3. The van der Waals surface area contributed by atoms with E-state index in [9.17, 15) is 0 Å². The quantitative estimate of drug-likeness (QED) is 0.261. The molecule has 0 aliphatic carbocycles. The number of hydrogen-bond donors (Lipinski definition) is 1. The van der Waals surface area contributed by atoms with Crippen LogP contribution in [-0.4, -0.2) is 28.1 Å². The molecule has 5 aromatic rings. The molecular weight excluding hydrogens is 496 g/mol. The molecule has 3 heterocycles. The van der Waals surface area contributed by atoms with E-state index < -0.39 is 0 Å². The summed E-state index contributed by atoms with van der Waals surface area (Å²) >= 11 is 0. The van der Waals surface area contributed by atoms with Gasteiger partial charge in [0.25, 0.3) is 0 Å². The molecule has 0 radical (unpaired) electrons. The van der Waals surface area contributed by atoms with Crippen molar-refractivity contribution in [1.29, 1.82) is 0 Å². The van der Waals surface area contributed by atoms with Crippen LogP contribution in [0.3, 0.4) is 0 Å². The SMILES string of the molecule is CCOc1ccc(NC2=Nc3ccccc3N3C2=Nc2c(c(C)nn2-c2ccccc2)[C@H]3c2ccccc2)cc1. The third-order valence-electron chi connectivity index (χ3n) is 7.18. The minimum absolute atomic E-state index is 0.144. The highest BCUT2D eigenvalue weighted by atomic mass is 16.5. The second-order valence-corrected chi connectivity index (χ2v) is 9.72. The van der Waals surface area contributed by atoms with Crippen LogP contribution in [0, 0.1) is 6.92 Å². The first-order chi connectivity index (χ1) is 19.7. The molecule has 2 aliphatic rings. The lowest BCUT2D eigenvalue weighted by Gasteiger charge is -2.40. The Morgan fingerprint density at radius 3 is 2.25 bits per heavy atom. The van der Waals surface area contributed by atoms with Crippen molar-refractivity contribution in [1.82, 2.24) is 9.78 Å². The monoisotopic (exact) mass is 524 g/mol. The summed E-state index contributed by atoms with van der Waals surface area (Å²) in [5, 5.41) is 8.55. The van der Waals surface area contributed by atoms with Gasteiger partial charge in [0, 0.05) is 11.3 Å². The second kappa shape index (κ2) is 9.85. The zero-order valence-corrected chi connectivity index (χ0v) is 22.3. The summed E-state index contributed by atoms with van der Waals surface area (Å²) in [6.45, 7) is 4.67. The first-order valence-corrected chi connectivity index (χ1v) is 13.5. The van der Waals surface area contributed by atoms with E-state index >= 15 is 0 Å². The summed E-state index contributed by atoms with van der Waals surface area (Å²) in [5.41, 5.74) is 6.93. The number of nitrogens with one attached hydrogen (secondary N) is 1. The van der Waals surface area contributed by atoms with Gasteiger partial charge in [0.05, 0.1) is 35.4 Å². The van der Waals surface area contributed by atoms with E-state index in [1.807, 2.05) is 72.3 Å². The average Bonchev–Trinajstić information content (AvgIpc) is 3.34. The van der Waals surface area contributed by atoms with Gasteiger partial charge in [-0.15, -0.1) is 0 Å². The molecule has 2 aliphatic heterocycles. The summed E-state index contributed by atoms with van der Waals surface area (Å²) in [4.78, 5) is 12.6. The Balaban J connectivity index is 1.44. The van der Waals surface area contributed by atoms with Crippen LogP contribution in [0.2, 0.25) is 0 Å². The van der Waals surface area contributed by atoms with Gasteiger partial charge in [-0.2, -0.15) is 5.10 Å². The maximum Gasteiger partial charge on any atom is 0.179 e. The van der Waals surface area contributed by atoms with E-state index in [1.165, 1.54) is 0 Å². The molecule has 7 heteroatoms. The third-order valence-corrected chi connectivity index (χ3v) is 7.18. The molecule has 1 N–H and O–H groups in total. The topological polar surface area (TPSA) is 67.0 Å².